The van der Waals surface area contributed by atoms with Gasteiger partial charge in [-0.3, -0.25) is 0 Å². The Kier molecular flexibility index (Phi) is 5.92. The molecule has 0 aliphatic carbocycles. The lowest BCUT2D eigenvalue weighted by Gasteiger charge is -2.39. The molecule has 0 aliphatic heterocycles. The molecule has 0 amide bonds. The molecule has 2 heterocycles. The van der Waals surface area contributed by atoms with E-state index in [9.17, 15) is 0 Å². The van der Waals surface area contributed by atoms with E-state index in [0.29, 0.717) is 0 Å². The zero-order valence-corrected chi connectivity index (χ0v) is 25.4. The number of hydrogen-bond acceptors (Lipinski definition) is 2. The molecule has 3 heteroatoms. The van der Waals surface area contributed by atoms with Gasteiger partial charge < -0.3 is 9.47 Å². The molecular formula is C40H32N2S. The fraction of sp³-hybridized carbons (Fsp3) is 0.100. The van der Waals surface area contributed by atoms with Gasteiger partial charge in [0.15, 0.2) is 0 Å². The van der Waals surface area contributed by atoms with Gasteiger partial charge in [0.2, 0.25) is 0 Å². The summed E-state index contributed by atoms with van der Waals surface area (Å²) in [5.74, 6) is 0. The van der Waals surface area contributed by atoms with Crippen molar-refractivity contribution < 1.29 is 0 Å². The first-order chi connectivity index (χ1) is 21.0. The van der Waals surface area contributed by atoms with Crippen LogP contribution in [0.1, 0.15) is 20.8 Å². The second kappa shape index (κ2) is 9.86. The standard InChI is InChI=1S/C40H32N2S/c1-40(2,3)42(33-23-14-26-36-38(33)37-29(20-13-25-35(37)43-36)27-15-6-4-7-16-27)34-24-12-21-31-30-19-10-11-22-32(30)41(39(31)34)28-17-8-5-9-18-28/h4-26H,1-3H3. The highest BCUT2D eigenvalue weighted by molar-refractivity contribution is 7.26. The van der Waals surface area contributed by atoms with Gasteiger partial charge in [-0.15, -0.1) is 11.3 Å². The Hall–Kier alpha value is -4.86. The molecule has 208 valence electrons. The minimum atomic E-state index is -0.212. The highest BCUT2D eigenvalue weighted by Crippen LogP contribution is 2.49. The summed E-state index contributed by atoms with van der Waals surface area (Å²) in [6, 6.07) is 50.7. The largest absolute Gasteiger partial charge is 0.334 e. The Morgan fingerprint density at radius 2 is 1.14 bits per heavy atom. The second-order valence-electron chi connectivity index (χ2n) is 12.2. The Morgan fingerprint density at radius 1 is 0.535 bits per heavy atom. The van der Waals surface area contributed by atoms with Crippen LogP contribution in [0, 0.1) is 0 Å². The molecule has 0 radical (unpaired) electrons. The van der Waals surface area contributed by atoms with Crippen molar-refractivity contribution in [3.8, 4) is 16.8 Å². The summed E-state index contributed by atoms with van der Waals surface area (Å²) in [6.07, 6.45) is 0. The zero-order valence-electron chi connectivity index (χ0n) is 24.6. The molecular weight excluding hydrogens is 541 g/mol. The summed E-state index contributed by atoms with van der Waals surface area (Å²) >= 11 is 1.88. The topological polar surface area (TPSA) is 8.17 Å². The lowest BCUT2D eigenvalue weighted by Crippen LogP contribution is -2.38. The molecule has 0 atom stereocenters. The maximum Gasteiger partial charge on any atom is 0.0779 e. The average Bonchev–Trinajstić information content (AvgIpc) is 3.58. The van der Waals surface area contributed by atoms with E-state index in [2.05, 4.69) is 170 Å². The summed E-state index contributed by atoms with van der Waals surface area (Å²) in [6.45, 7) is 6.98. The van der Waals surface area contributed by atoms with E-state index in [1.807, 2.05) is 11.3 Å². The van der Waals surface area contributed by atoms with E-state index in [0.717, 1.165) is 0 Å². The van der Waals surface area contributed by atoms with Crippen LogP contribution in [0.3, 0.4) is 0 Å². The van der Waals surface area contributed by atoms with Gasteiger partial charge in [-0.05, 0) is 74.4 Å². The first kappa shape index (κ1) is 25.8. The van der Waals surface area contributed by atoms with Crippen molar-refractivity contribution in [3.63, 3.8) is 0 Å². The molecule has 2 nitrogen and oxygen atoms in total. The molecule has 6 aromatic carbocycles. The summed E-state index contributed by atoms with van der Waals surface area (Å²) in [7, 11) is 0. The zero-order chi connectivity index (χ0) is 29.1. The highest BCUT2D eigenvalue weighted by atomic mass is 32.1. The van der Waals surface area contributed by atoms with Crippen molar-refractivity contribution in [1.29, 1.82) is 0 Å². The maximum atomic E-state index is 2.57. The van der Waals surface area contributed by atoms with E-state index in [1.165, 1.54) is 70.2 Å². The number of hydrogen-bond donors (Lipinski definition) is 0. The summed E-state index contributed by atoms with van der Waals surface area (Å²) in [4.78, 5) is 2.57. The third kappa shape index (κ3) is 4.07. The number of para-hydroxylation sites is 3. The van der Waals surface area contributed by atoms with E-state index in [4.69, 9.17) is 0 Å². The molecule has 0 fully saturated rings. The minimum absolute atomic E-state index is 0.212. The molecule has 8 rings (SSSR count). The third-order valence-corrected chi connectivity index (χ3v) is 9.55. The predicted octanol–water partition coefficient (Wildman–Crippen LogP) is 11.8. The monoisotopic (exact) mass is 572 g/mol. The molecule has 0 saturated carbocycles. The number of rotatable bonds is 4. The maximum absolute atomic E-state index is 2.57. The lowest BCUT2D eigenvalue weighted by atomic mass is 9.96. The smallest absolute Gasteiger partial charge is 0.0779 e. The number of thiophene rings is 1. The number of aromatic nitrogens is 1. The SMILES string of the molecule is CC(C)(C)N(c1cccc2sc3cccc(-c4ccccc4)c3c12)c1cccc2c3ccccc3n(-c3ccccc3)c12. The van der Waals surface area contributed by atoms with E-state index < -0.39 is 0 Å². The Bertz CT molecular complexity index is 2270. The number of benzene rings is 6. The molecule has 0 bridgehead atoms. The van der Waals surface area contributed by atoms with Crippen LogP contribution in [-0.4, -0.2) is 10.1 Å². The molecule has 8 aromatic rings. The van der Waals surface area contributed by atoms with Gasteiger partial charge >= 0.3 is 0 Å². The van der Waals surface area contributed by atoms with Gasteiger partial charge in [-0.2, -0.15) is 0 Å². The van der Waals surface area contributed by atoms with Crippen LogP contribution in [-0.2, 0) is 0 Å². The summed E-state index contributed by atoms with van der Waals surface area (Å²) < 4.78 is 5.06. The van der Waals surface area contributed by atoms with Crippen molar-refractivity contribution in [2.75, 3.05) is 4.90 Å². The van der Waals surface area contributed by atoms with Crippen molar-refractivity contribution in [2.45, 2.75) is 26.3 Å². The predicted molar refractivity (Wildman–Crippen MR) is 187 cm³/mol. The molecule has 0 spiro atoms. The van der Waals surface area contributed by atoms with Crippen LogP contribution < -0.4 is 4.90 Å². The van der Waals surface area contributed by atoms with Crippen molar-refractivity contribution in [1.82, 2.24) is 4.57 Å². The van der Waals surface area contributed by atoms with Gasteiger partial charge in [0.05, 0.1) is 22.4 Å². The highest BCUT2D eigenvalue weighted by Gasteiger charge is 2.30. The normalized spacial score (nSPS) is 12.1. The molecule has 0 N–H and O–H groups in total. The van der Waals surface area contributed by atoms with Crippen molar-refractivity contribution >= 4 is 64.7 Å². The van der Waals surface area contributed by atoms with Gasteiger partial charge in [-0.1, -0.05) is 97.1 Å². The first-order valence-electron chi connectivity index (χ1n) is 14.9. The van der Waals surface area contributed by atoms with Gasteiger partial charge in [0.1, 0.15) is 0 Å². The average molecular weight is 573 g/mol. The molecule has 2 aromatic heterocycles. The fourth-order valence-corrected chi connectivity index (χ4v) is 7.92. The minimum Gasteiger partial charge on any atom is -0.334 e. The number of nitrogens with zero attached hydrogens (tertiary/aromatic N) is 2. The van der Waals surface area contributed by atoms with E-state index >= 15 is 0 Å². The Labute approximate surface area is 256 Å². The molecule has 43 heavy (non-hydrogen) atoms. The first-order valence-corrected chi connectivity index (χ1v) is 15.7. The Morgan fingerprint density at radius 3 is 1.91 bits per heavy atom. The quantitative estimate of drug-likeness (QED) is 0.204. The van der Waals surface area contributed by atoms with Crippen LogP contribution in [0.4, 0.5) is 11.4 Å². The second-order valence-corrected chi connectivity index (χ2v) is 13.2. The van der Waals surface area contributed by atoms with E-state index in [-0.39, 0.29) is 5.54 Å². The van der Waals surface area contributed by atoms with Crippen LogP contribution in [0.5, 0.6) is 0 Å². The summed E-state index contributed by atoms with van der Waals surface area (Å²) in [5.41, 5.74) is 8.36. The van der Waals surface area contributed by atoms with Gasteiger partial charge in [-0.25, -0.2) is 0 Å². The van der Waals surface area contributed by atoms with Gasteiger partial charge in [0, 0.05) is 42.2 Å². The lowest BCUT2D eigenvalue weighted by molar-refractivity contribution is 0.562. The van der Waals surface area contributed by atoms with Crippen LogP contribution in [0.25, 0.3) is 58.8 Å². The van der Waals surface area contributed by atoms with E-state index in [1.54, 1.807) is 0 Å². The van der Waals surface area contributed by atoms with Gasteiger partial charge in [0.25, 0.3) is 0 Å². The van der Waals surface area contributed by atoms with Crippen molar-refractivity contribution in [2.24, 2.45) is 0 Å². The van der Waals surface area contributed by atoms with Crippen molar-refractivity contribution in [3.05, 3.63) is 140 Å². The molecule has 0 saturated heterocycles. The Balaban J connectivity index is 1.50. The van der Waals surface area contributed by atoms with Crippen LogP contribution >= 0.6 is 11.3 Å². The third-order valence-electron chi connectivity index (χ3n) is 8.43. The molecule has 0 aliphatic rings. The molecule has 0 unspecified atom stereocenters. The number of fused-ring (bicyclic) bond motifs is 6. The fourth-order valence-electron chi connectivity index (χ4n) is 6.77. The van der Waals surface area contributed by atoms with Crippen LogP contribution in [0.15, 0.2) is 140 Å². The number of anilines is 2. The van der Waals surface area contributed by atoms with Crippen LogP contribution in [0.2, 0.25) is 0 Å². The summed E-state index contributed by atoms with van der Waals surface area (Å²) in [5, 5.41) is 5.17.